The second kappa shape index (κ2) is 4.63. The van der Waals surface area contributed by atoms with E-state index in [0.717, 1.165) is 6.08 Å². The van der Waals surface area contributed by atoms with Crippen LogP contribution >= 0.6 is 0 Å². The quantitative estimate of drug-likeness (QED) is 0.461. The van der Waals surface area contributed by atoms with Gasteiger partial charge in [0, 0.05) is 5.56 Å². The fourth-order valence-electron chi connectivity index (χ4n) is 1.13. The second-order valence-corrected chi connectivity index (χ2v) is 3.19. The van der Waals surface area contributed by atoms with Crippen molar-refractivity contribution in [2.45, 2.75) is 12.1 Å². The highest BCUT2D eigenvalue weighted by Crippen LogP contribution is 2.33. The molecule has 1 aromatic rings. The number of benzene rings is 1. The zero-order chi connectivity index (χ0) is 13.1. The molecule has 0 saturated heterocycles. The molecule has 1 rings (SSSR count). The third-order valence-electron chi connectivity index (χ3n) is 1.98. The average Bonchev–Trinajstić information content (AvgIpc) is 2.25. The smallest absolute Gasteiger partial charge is 0.211 e. The van der Waals surface area contributed by atoms with Gasteiger partial charge >= 0.3 is 6.18 Å². The largest absolute Gasteiger partial charge is 0.416 e. The van der Waals surface area contributed by atoms with Crippen LogP contribution in [0.2, 0.25) is 0 Å². The van der Waals surface area contributed by atoms with E-state index in [1.54, 1.807) is 0 Å². The summed E-state index contributed by atoms with van der Waals surface area (Å²) in [4.78, 5) is 12.4. The zero-order valence-corrected chi connectivity index (χ0v) is 8.26. The molecule has 92 valence electrons. The van der Waals surface area contributed by atoms with E-state index in [0.29, 0.717) is 24.3 Å². The van der Waals surface area contributed by atoms with E-state index in [1.807, 2.05) is 0 Å². The van der Waals surface area contributed by atoms with E-state index >= 15 is 0 Å². The number of halogens is 5. The number of isocyanates is 1. The number of hydrogen-bond donors (Lipinski definition) is 0. The predicted octanol–water partition coefficient (Wildman–Crippen LogP) is 3.13. The summed E-state index contributed by atoms with van der Waals surface area (Å²) in [6.07, 6.45) is -3.63. The first-order chi connectivity index (χ1) is 7.77. The Hall–Kier alpha value is -1.75. The Morgan fingerprint density at radius 1 is 1.00 bits per heavy atom. The Morgan fingerprint density at radius 3 is 1.88 bits per heavy atom. The molecule has 0 amide bonds. The highest BCUT2D eigenvalue weighted by atomic mass is 19.4. The molecule has 0 spiro atoms. The van der Waals surface area contributed by atoms with Gasteiger partial charge in [-0.05, 0) is 12.1 Å². The first-order valence-corrected chi connectivity index (χ1v) is 4.36. The van der Waals surface area contributed by atoms with Gasteiger partial charge in [-0.2, -0.15) is 26.9 Å². The second-order valence-electron chi connectivity index (χ2n) is 3.19. The molecule has 0 heterocycles. The maximum atomic E-state index is 13.2. The first-order valence-electron chi connectivity index (χ1n) is 4.36. The summed E-state index contributed by atoms with van der Waals surface area (Å²) in [5.74, 6) is -3.48. The van der Waals surface area contributed by atoms with Crippen molar-refractivity contribution in [3.05, 3.63) is 35.4 Å². The van der Waals surface area contributed by atoms with Gasteiger partial charge in [-0.25, -0.2) is 4.79 Å². The molecule has 0 aliphatic heterocycles. The van der Waals surface area contributed by atoms with Gasteiger partial charge in [-0.15, -0.1) is 0 Å². The third kappa shape index (κ3) is 3.35. The summed E-state index contributed by atoms with van der Waals surface area (Å²) in [6, 6.07) is 2.41. The summed E-state index contributed by atoms with van der Waals surface area (Å²) in [5.41, 5.74) is -1.65. The summed E-state index contributed by atoms with van der Waals surface area (Å²) in [6.45, 7) is -1.14. The molecule has 7 heteroatoms. The molecule has 1 aromatic carbocycles. The minimum atomic E-state index is -4.57. The predicted molar refractivity (Wildman–Crippen MR) is 48.3 cm³/mol. The number of alkyl halides is 5. The van der Waals surface area contributed by atoms with Gasteiger partial charge in [0.1, 0.15) is 6.54 Å². The van der Waals surface area contributed by atoms with Crippen molar-refractivity contribution in [1.29, 1.82) is 0 Å². The van der Waals surface area contributed by atoms with Crippen molar-refractivity contribution in [2.75, 3.05) is 6.54 Å². The van der Waals surface area contributed by atoms with E-state index in [1.165, 1.54) is 0 Å². The van der Waals surface area contributed by atoms with Crippen LogP contribution in [0.25, 0.3) is 0 Å². The van der Waals surface area contributed by atoms with Crippen LogP contribution in [0.4, 0.5) is 22.0 Å². The van der Waals surface area contributed by atoms with E-state index in [9.17, 15) is 26.7 Å². The zero-order valence-electron chi connectivity index (χ0n) is 8.26. The van der Waals surface area contributed by atoms with Crippen molar-refractivity contribution in [3.63, 3.8) is 0 Å². The molecular formula is C10H6F5NO. The standard InChI is InChI=1S/C10H6F5NO/c11-9(12,5-16-6-17)7-1-3-8(4-2-7)10(13,14)15/h1-4H,5H2. The van der Waals surface area contributed by atoms with Crippen LogP contribution in [-0.4, -0.2) is 12.6 Å². The summed E-state index contributed by atoms with van der Waals surface area (Å²) in [7, 11) is 0. The lowest BCUT2D eigenvalue weighted by molar-refractivity contribution is -0.137. The van der Waals surface area contributed by atoms with E-state index in [4.69, 9.17) is 0 Å². The molecule has 0 aliphatic rings. The van der Waals surface area contributed by atoms with Gasteiger partial charge in [-0.1, -0.05) is 12.1 Å². The summed E-state index contributed by atoms with van der Waals surface area (Å²) < 4.78 is 62.9. The molecule has 0 aromatic heterocycles. The van der Waals surface area contributed by atoms with E-state index in [2.05, 4.69) is 4.99 Å². The van der Waals surface area contributed by atoms with Gasteiger partial charge in [0.2, 0.25) is 6.08 Å². The minimum absolute atomic E-state index is 0.549. The van der Waals surface area contributed by atoms with Gasteiger partial charge in [-0.3, -0.25) is 0 Å². The number of nitrogens with zero attached hydrogens (tertiary/aromatic N) is 1. The summed E-state index contributed by atoms with van der Waals surface area (Å²) >= 11 is 0. The Labute approximate surface area is 92.8 Å². The lowest BCUT2D eigenvalue weighted by Gasteiger charge is -2.14. The van der Waals surface area contributed by atoms with Crippen molar-refractivity contribution in [1.82, 2.24) is 0 Å². The van der Waals surface area contributed by atoms with Crippen LogP contribution in [-0.2, 0) is 16.9 Å². The van der Waals surface area contributed by atoms with Crippen LogP contribution in [0.5, 0.6) is 0 Å². The molecule has 0 N–H and O–H groups in total. The Bertz CT molecular complexity index is 431. The molecule has 2 nitrogen and oxygen atoms in total. The molecule has 0 saturated carbocycles. The monoisotopic (exact) mass is 251 g/mol. The molecule has 0 radical (unpaired) electrons. The molecule has 0 aliphatic carbocycles. The lowest BCUT2D eigenvalue weighted by atomic mass is 10.1. The van der Waals surface area contributed by atoms with Gasteiger partial charge in [0.05, 0.1) is 5.56 Å². The van der Waals surface area contributed by atoms with Crippen molar-refractivity contribution >= 4 is 6.08 Å². The maximum absolute atomic E-state index is 13.2. The van der Waals surface area contributed by atoms with Crippen molar-refractivity contribution < 1.29 is 26.7 Å². The van der Waals surface area contributed by atoms with Crippen molar-refractivity contribution in [3.8, 4) is 0 Å². The topological polar surface area (TPSA) is 29.4 Å². The van der Waals surface area contributed by atoms with Gasteiger partial charge in [0.25, 0.3) is 5.92 Å². The average molecular weight is 251 g/mol. The maximum Gasteiger partial charge on any atom is 0.416 e. The Kier molecular flexibility index (Phi) is 3.63. The van der Waals surface area contributed by atoms with Crippen LogP contribution < -0.4 is 0 Å². The molecular weight excluding hydrogens is 245 g/mol. The fourth-order valence-corrected chi connectivity index (χ4v) is 1.13. The SMILES string of the molecule is O=C=NCC(F)(F)c1ccc(C(F)(F)F)cc1. The Balaban J connectivity index is 2.98. The van der Waals surface area contributed by atoms with E-state index < -0.39 is 29.8 Å². The molecule has 0 atom stereocenters. The van der Waals surface area contributed by atoms with Crippen LogP contribution in [0.15, 0.2) is 29.3 Å². The molecule has 17 heavy (non-hydrogen) atoms. The minimum Gasteiger partial charge on any atom is -0.211 e. The fraction of sp³-hybridized carbons (Fsp3) is 0.300. The van der Waals surface area contributed by atoms with Gasteiger partial charge in [0.15, 0.2) is 0 Å². The number of hydrogen-bond acceptors (Lipinski definition) is 2. The Morgan fingerprint density at radius 2 is 1.47 bits per heavy atom. The molecule has 0 bridgehead atoms. The van der Waals surface area contributed by atoms with Crippen LogP contribution in [0, 0.1) is 0 Å². The highest BCUT2D eigenvalue weighted by Gasteiger charge is 2.34. The van der Waals surface area contributed by atoms with Crippen molar-refractivity contribution in [2.24, 2.45) is 4.99 Å². The number of aliphatic imine (C=N–C) groups is 1. The van der Waals surface area contributed by atoms with Gasteiger partial charge < -0.3 is 0 Å². The molecule has 0 fully saturated rings. The number of rotatable bonds is 3. The van der Waals surface area contributed by atoms with Crippen LogP contribution in [0.1, 0.15) is 11.1 Å². The normalized spacial score (nSPS) is 12.1. The first kappa shape index (κ1) is 13.3. The lowest BCUT2D eigenvalue weighted by Crippen LogP contribution is -2.17. The third-order valence-corrected chi connectivity index (χ3v) is 1.98. The molecule has 0 unspecified atom stereocenters. The van der Waals surface area contributed by atoms with Crippen LogP contribution in [0.3, 0.4) is 0 Å². The van der Waals surface area contributed by atoms with E-state index in [-0.39, 0.29) is 0 Å². The highest BCUT2D eigenvalue weighted by molar-refractivity contribution is 5.34. The number of carbonyl (C=O) groups excluding carboxylic acids is 1. The summed E-state index contributed by atoms with van der Waals surface area (Å²) in [5, 5.41) is 0.